The number of nitrogens with one attached hydrogen (secondary N) is 2. The summed E-state index contributed by atoms with van der Waals surface area (Å²) in [6.07, 6.45) is 7.64. The molecule has 2 aromatic carbocycles. The first-order valence-corrected chi connectivity index (χ1v) is 9.65. The molecule has 29 heavy (non-hydrogen) atoms. The van der Waals surface area contributed by atoms with Crippen molar-refractivity contribution in [3.05, 3.63) is 65.5 Å². The van der Waals surface area contributed by atoms with E-state index in [2.05, 4.69) is 16.7 Å². The van der Waals surface area contributed by atoms with E-state index in [0.29, 0.717) is 16.8 Å². The van der Waals surface area contributed by atoms with Crippen LogP contribution in [0.2, 0.25) is 0 Å². The SMILES string of the molecule is N#Cc1ccccc1/C=C/C(=O)Nc1ccc(F)c(NC(=O)C2CCCCC2)c1. The van der Waals surface area contributed by atoms with E-state index >= 15 is 0 Å². The van der Waals surface area contributed by atoms with Crippen LogP contribution in [0.3, 0.4) is 0 Å². The second-order valence-electron chi connectivity index (χ2n) is 7.04. The highest BCUT2D eigenvalue weighted by Crippen LogP contribution is 2.26. The molecule has 1 aliphatic carbocycles. The van der Waals surface area contributed by atoms with Gasteiger partial charge in [-0.05, 0) is 48.7 Å². The summed E-state index contributed by atoms with van der Waals surface area (Å²) in [4.78, 5) is 24.6. The summed E-state index contributed by atoms with van der Waals surface area (Å²) in [5.41, 5.74) is 1.52. The van der Waals surface area contributed by atoms with E-state index in [-0.39, 0.29) is 17.5 Å². The number of nitriles is 1. The maximum absolute atomic E-state index is 14.1. The van der Waals surface area contributed by atoms with Crippen molar-refractivity contribution in [2.75, 3.05) is 10.6 Å². The molecule has 2 amide bonds. The summed E-state index contributed by atoms with van der Waals surface area (Å²) in [5, 5.41) is 14.4. The molecule has 1 saturated carbocycles. The molecule has 2 aromatic rings. The Labute approximate surface area is 169 Å². The summed E-state index contributed by atoms with van der Waals surface area (Å²) in [6.45, 7) is 0. The molecule has 5 nitrogen and oxygen atoms in total. The Morgan fingerprint density at radius 2 is 1.83 bits per heavy atom. The van der Waals surface area contributed by atoms with Crippen LogP contribution < -0.4 is 10.6 Å². The molecule has 6 heteroatoms. The maximum atomic E-state index is 14.1. The number of carbonyl (C=O) groups is 2. The molecule has 0 heterocycles. The minimum absolute atomic E-state index is 0.0529. The minimum Gasteiger partial charge on any atom is -0.323 e. The zero-order valence-electron chi connectivity index (χ0n) is 16.0. The van der Waals surface area contributed by atoms with Crippen LogP contribution in [0.5, 0.6) is 0 Å². The third-order valence-electron chi connectivity index (χ3n) is 4.96. The normalized spacial score (nSPS) is 14.3. The third-order valence-corrected chi connectivity index (χ3v) is 4.96. The molecule has 0 unspecified atom stereocenters. The first-order chi connectivity index (χ1) is 14.1. The summed E-state index contributed by atoms with van der Waals surface area (Å²) in [5.74, 6) is -1.25. The van der Waals surface area contributed by atoms with Crippen LogP contribution >= 0.6 is 0 Å². The monoisotopic (exact) mass is 391 g/mol. The first kappa shape index (κ1) is 20.3. The Bertz CT molecular complexity index is 972. The smallest absolute Gasteiger partial charge is 0.248 e. The molecular weight excluding hydrogens is 369 g/mol. The summed E-state index contributed by atoms with van der Waals surface area (Å²) >= 11 is 0. The zero-order chi connectivity index (χ0) is 20.6. The van der Waals surface area contributed by atoms with E-state index in [4.69, 9.17) is 5.26 Å². The van der Waals surface area contributed by atoms with Crippen molar-refractivity contribution >= 4 is 29.3 Å². The number of hydrogen-bond acceptors (Lipinski definition) is 3. The number of amides is 2. The highest BCUT2D eigenvalue weighted by atomic mass is 19.1. The lowest BCUT2D eigenvalue weighted by Gasteiger charge is -2.21. The Kier molecular flexibility index (Phi) is 6.75. The summed E-state index contributed by atoms with van der Waals surface area (Å²) in [6, 6.07) is 13.0. The molecule has 1 aliphatic rings. The molecule has 1 fully saturated rings. The molecule has 0 aliphatic heterocycles. The quantitative estimate of drug-likeness (QED) is 0.714. The van der Waals surface area contributed by atoms with Crippen molar-refractivity contribution in [3.63, 3.8) is 0 Å². The predicted octanol–water partition coefficient (Wildman–Crippen LogP) is 4.87. The standard InChI is InChI=1S/C23H22FN3O2/c24-20-12-11-19(14-21(20)27-23(29)17-7-2-1-3-8-17)26-22(28)13-10-16-6-4-5-9-18(16)15-25/h4-6,9-14,17H,1-3,7-8H2,(H,26,28)(H,27,29)/b13-10+. The van der Waals surface area contributed by atoms with Crippen molar-refractivity contribution in [1.82, 2.24) is 0 Å². The van der Waals surface area contributed by atoms with Gasteiger partial charge in [-0.2, -0.15) is 5.26 Å². The van der Waals surface area contributed by atoms with Crippen molar-refractivity contribution < 1.29 is 14.0 Å². The number of benzene rings is 2. The Hall–Kier alpha value is -3.46. The number of hydrogen-bond donors (Lipinski definition) is 2. The maximum Gasteiger partial charge on any atom is 0.248 e. The number of rotatable bonds is 5. The van der Waals surface area contributed by atoms with Crippen LogP contribution in [0.15, 0.2) is 48.5 Å². The van der Waals surface area contributed by atoms with Gasteiger partial charge < -0.3 is 10.6 Å². The van der Waals surface area contributed by atoms with Crippen molar-refractivity contribution in [2.45, 2.75) is 32.1 Å². The Morgan fingerprint density at radius 1 is 1.07 bits per heavy atom. The fraction of sp³-hybridized carbons (Fsp3) is 0.261. The molecule has 0 radical (unpaired) electrons. The van der Waals surface area contributed by atoms with Gasteiger partial charge in [0, 0.05) is 17.7 Å². The van der Waals surface area contributed by atoms with E-state index in [1.165, 1.54) is 24.3 Å². The third kappa shape index (κ3) is 5.52. The van der Waals surface area contributed by atoms with Crippen molar-refractivity contribution in [3.8, 4) is 6.07 Å². The average molecular weight is 391 g/mol. The zero-order valence-corrected chi connectivity index (χ0v) is 16.0. The van der Waals surface area contributed by atoms with Gasteiger partial charge in [0.25, 0.3) is 0 Å². The molecule has 0 spiro atoms. The Balaban J connectivity index is 1.66. The van der Waals surface area contributed by atoms with Gasteiger partial charge in [-0.15, -0.1) is 0 Å². The van der Waals surface area contributed by atoms with Crippen LogP contribution in [0.25, 0.3) is 6.08 Å². The van der Waals surface area contributed by atoms with E-state index in [9.17, 15) is 14.0 Å². The molecule has 2 N–H and O–H groups in total. The van der Waals surface area contributed by atoms with Gasteiger partial charge in [-0.3, -0.25) is 9.59 Å². The van der Waals surface area contributed by atoms with Crippen molar-refractivity contribution in [2.24, 2.45) is 5.92 Å². The predicted molar refractivity (Wildman–Crippen MR) is 110 cm³/mol. The lowest BCUT2D eigenvalue weighted by atomic mass is 9.88. The topological polar surface area (TPSA) is 82.0 Å². The van der Waals surface area contributed by atoms with E-state index in [1.807, 2.05) is 0 Å². The molecule has 3 rings (SSSR count). The molecule has 0 bridgehead atoms. The van der Waals surface area contributed by atoms with Gasteiger partial charge in [-0.1, -0.05) is 37.5 Å². The van der Waals surface area contributed by atoms with Crippen LogP contribution in [0.4, 0.5) is 15.8 Å². The molecular formula is C23H22FN3O2. The second-order valence-corrected chi connectivity index (χ2v) is 7.04. The van der Waals surface area contributed by atoms with Crippen LogP contribution in [-0.2, 0) is 9.59 Å². The van der Waals surface area contributed by atoms with Gasteiger partial charge >= 0.3 is 0 Å². The highest BCUT2D eigenvalue weighted by Gasteiger charge is 2.22. The number of carbonyl (C=O) groups excluding carboxylic acids is 2. The molecule has 0 saturated heterocycles. The number of halogens is 1. The molecule has 148 valence electrons. The van der Waals surface area contributed by atoms with Gasteiger partial charge in [0.2, 0.25) is 11.8 Å². The summed E-state index contributed by atoms with van der Waals surface area (Å²) in [7, 11) is 0. The average Bonchev–Trinajstić information content (AvgIpc) is 2.75. The summed E-state index contributed by atoms with van der Waals surface area (Å²) < 4.78 is 14.1. The minimum atomic E-state index is -0.550. The van der Waals surface area contributed by atoms with Gasteiger partial charge in [-0.25, -0.2) is 4.39 Å². The number of nitrogens with zero attached hydrogens (tertiary/aromatic N) is 1. The highest BCUT2D eigenvalue weighted by molar-refractivity contribution is 6.02. The lowest BCUT2D eigenvalue weighted by molar-refractivity contribution is -0.120. The van der Waals surface area contributed by atoms with E-state index < -0.39 is 11.7 Å². The second kappa shape index (κ2) is 9.65. The van der Waals surface area contributed by atoms with Crippen LogP contribution in [0.1, 0.15) is 43.2 Å². The largest absolute Gasteiger partial charge is 0.323 e. The molecule has 0 aromatic heterocycles. The number of anilines is 2. The fourth-order valence-corrected chi connectivity index (χ4v) is 3.39. The molecule has 0 atom stereocenters. The van der Waals surface area contributed by atoms with Crippen LogP contribution in [-0.4, -0.2) is 11.8 Å². The van der Waals surface area contributed by atoms with Gasteiger partial charge in [0.1, 0.15) is 5.82 Å². The fourth-order valence-electron chi connectivity index (χ4n) is 3.39. The van der Waals surface area contributed by atoms with Gasteiger partial charge in [0.05, 0.1) is 17.3 Å². The van der Waals surface area contributed by atoms with Crippen LogP contribution in [0, 0.1) is 23.1 Å². The Morgan fingerprint density at radius 3 is 2.59 bits per heavy atom. The van der Waals surface area contributed by atoms with E-state index in [1.54, 1.807) is 30.3 Å². The lowest BCUT2D eigenvalue weighted by Crippen LogP contribution is -2.25. The van der Waals surface area contributed by atoms with Gasteiger partial charge in [0.15, 0.2) is 0 Å². The van der Waals surface area contributed by atoms with Crippen molar-refractivity contribution in [1.29, 1.82) is 5.26 Å². The first-order valence-electron chi connectivity index (χ1n) is 9.65. The van der Waals surface area contributed by atoms with E-state index in [0.717, 1.165) is 32.1 Å².